The van der Waals surface area contributed by atoms with Gasteiger partial charge in [-0.3, -0.25) is 0 Å². The molecule has 1 spiro atoms. The van der Waals surface area contributed by atoms with E-state index in [0.717, 1.165) is 12.1 Å². The fourth-order valence-corrected chi connectivity index (χ4v) is 4.14. The number of urea groups is 1. The normalized spacial score (nSPS) is 21.7. The van der Waals surface area contributed by atoms with E-state index in [1.54, 1.807) is 24.3 Å². The molecule has 2 fully saturated rings. The molecule has 1 saturated heterocycles. The summed E-state index contributed by atoms with van der Waals surface area (Å²) in [5.74, 6) is -0.462. The summed E-state index contributed by atoms with van der Waals surface area (Å²) < 4.78 is 0. The summed E-state index contributed by atoms with van der Waals surface area (Å²) in [5.41, 5.74) is 1.55. The molecular weight excluding hydrogens is 292 g/mol. The summed E-state index contributed by atoms with van der Waals surface area (Å²) in [6.45, 7) is 5.68. The van der Waals surface area contributed by atoms with Gasteiger partial charge in [0.15, 0.2) is 0 Å². The van der Waals surface area contributed by atoms with Gasteiger partial charge < -0.3 is 15.3 Å². The Bertz CT molecular complexity index is 605. The smallest absolute Gasteiger partial charge is 0.335 e. The minimum Gasteiger partial charge on any atom is -0.478 e. The van der Waals surface area contributed by atoms with E-state index >= 15 is 0 Å². The molecule has 2 amide bonds. The van der Waals surface area contributed by atoms with Gasteiger partial charge in [-0.1, -0.05) is 32.4 Å². The average Bonchev–Trinajstić information content (AvgIpc) is 2.42. The highest BCUT2D eigenvalue weighted by atomic mass is 16.4. The van der Waals surface area contributed by atoms with Gasteiger partial charge in [-0.25, -0.2) is 9.59 Å². The van der Waals surface area contributed by atoms with E-state index in [4.69, 9.17) is 5.11 Å². The number of rotatable bonds is 4. The van der Waals surface area contributed by atoms with Gasteiger partial charge >= 0.3 is 12.0 Å². The molecular formula is C18H24N2O3. The molecule has 1 atom stereocenters. The van der Waals surface area contributed by atoms with E-state index < -0.39 is 5.97 Å². The summed E-state index contributed by atoms with van der Waals surface area (Å²) in [6, 6.07) is 6.95. The van der Waals surface area contributed by atoms with Crippen LogP contribution in [0.1, 0.15) is 49.0 Å². The predicted octanol–water partition coefficient (Wildman–Crippen LogP) is 3.10. The van der Waals surface area contributed by atoms with Gasteiger partial charge in [0.1, 0.15) is 0 Å². The molecule has 5 heteroatoms. The Morgan fingerprint density at radius 3 is 2.43 bits per heavy atom. The van der Waals surface area contributed by atoms with Gasteiger partial charge in [-0.15, -0.1) is 0 Å². The van der Waals surface area contributed by atoms with E-state index in [-0.39, 0.29) is 11.6 Å². The second-order valence-corrected chi connectivity index (χ2v) is 7.19. The van der Waals surface area contributed by atoms with Crippen LogP contribution < -0.4 is 5.32 Å². The lowest BCUT2D eigenvalue weighted by Crippen LogP contribution is -2.71. The fourth-order valence-electron chi connectivity index (χ4n) is 4.14. The summed E-state index contributed by atoms with van der Waals surface area (Å²) in [5, 5.41) is 11.8. The Balaban J connectivity index is 1.56. The molecule has 0 radical (unpaired) electrons. The van der Waals surface area contributed by atoms with Crippen LogP contribution in [0.15, 0.2) is 24.3 Å². The van der Waals surface area contributed by atoms with E-state index in [0.29, 0.717) is 23.9 Å². The van der Waals surface area contributed by atoms with Gasteiger partial charge in [0.05, 0.1) is 5.56 Å². The third-order valence-corrected chi connectivity index (χ3v) is 5.33. The maximum absolute atomic E-state index is 12.4. The highest BCUT2D eigenvalue weighted by molar-refractivity contribution is 5.87. The Kier molecular flexibility index (Phi) is 4.04. The van der Waals surface area contributed by atoms with Gasteiger partial charge in [0, 0.05) is 24.5 Å². The number of carboxylic acid groups (broad SMARTS) is 1. The van der Waals surface area contributed by atoms with Crippen LogP contribution >= 0.6 is 0 Å². The molecule has 0 bridgehead atoms. The zero-order valence-corrected chi connectivity index (χ0v) is 13.7. The average molecular weight is 316 g/mol. The van der Waals surface area contributed by atoms with Crippen molar-refractivity contribution in [1.82, 2.24) is 10.2 Å². The Morgan fingerprint density at radius 2 is 1.96 bits per heavy atom. The minimum atomic E-state index is -0.938. The van der Waals surface area contributed by atoms with Crippen LogP contribution in [0, 0.1) is 11.3 Å². The second-order valence-electron chi connectivity index (χ2n) is 7.19. The van der Waals surface area contributed by atoms with Crippen molar-refractivity contribution in [3.8, 4) is 0 Å². The van der Waals surface area contributed by atoms with Crippen molar-refractivity contribution in [2.45, 2.75) is 45.7 Å². The van der Waals surface area contributed by atoms with Crippen LogP contribution in [-0.4, -0.2) is 34.6 Å². The molecule has 1 aliphatic carbocycles. The fraction of sp³-hybridized carbons (Fsp3) is 0.556. The highest BCUT2D eigenvalue weighted by Gasteiger charge is 2.58. The molecule has 2 N–H and O–H groups in total. The third-order valence-electron chi connectivity index (χ3n) is 5.33. The number of carbonyl (C=O) groups is 2. The van der Waals surface area contributed by atoms with E-state index in [1.807, 2.05) is 4.90 Å². The molecule has 5 nitrogen and oxygen atoms in total. The maximum atomic E-state index is 12.4. The predicted molar refractivity (Wildman–Crippen MR) is 87.3 cm³/mol. The first-order chi connectivity index (χ1) is 10.9. The monoisotopic (exact) mass is 316 g/mol. The zero-order valence-electron chi connectivity index (χ0n) is 13.7. The summed E-state index contributed by atoms with van der Waals surface area (Å²) in [4.78, 5) is 25.2. The molecule has 1 saturated carbocycles. The molecule has 1 aliphatic heterocycles. The van der Waals surface area contributed by atoms with Crippen molar-refractivity contribution >= 4 is 12.0 Å². The van der Waals surface area contributed by atoms with Crippen LogP contribution in [-0.2, 0) is 6.54 Å². The first kappa shape index (κ1) is 15.8. The van der Waals surface area contributed by atoms with Crippen LogP contribution in [0.3, 0.4) is 0 Å². The number of aromatic carboxylic acids is 1. The molecule has 1 unspecified atom stereocenters. The number of amides is 2. The van der Waals surface area contributed by atoms with E-state index in [1.165, 1.54) is 19.3 Å². The van der Waals surface area contributed by atoms with Crippen molar-refractivity contribution in [1.29, 1.82) is 0 Å². The van der Waals surface area contributed by atoms with E-state index in [9.17, 15) is 9.59 Å². The Labute approximate surface area is 136 Å². The van der Waals surface area contributed by atoms with Crippen molar-refractivity contribution in [2.75, 3.05) is 6.54 Å². The first-order valence-corrected chi connectivity index (χ1v) is 8.30. The van der Waals surface area contributed by atoms with Crippen molar-refractivity contribution < 1.29 is 14.7 Å². The molecule has 3 rings (SSSR count). The zero-order chi connectivity index (χ0) is 16.6. The standard InChI is InChI=1S/C18H24N2O3/c1-12(2)15-18(8-3-9-18)11-20(15)17(23)19-10-13-4-6-14(7-5-13)16(21)22/h4-7,12,15H,3,8-11H2,1-2H3,(H,19,23)(H,21,22). The second kappa shape index (κ2) is 5.87. The van der Waals surface area contributed by atoms with Gasteiger partial charge in [0.25, 0.3) is 0 Å². The van der Waals surface area contributed by atoms with Crippen molar-refractivity contribution in [2.24, 2.45) is 11.3 Å². The number of hydrogen-bond donors (Lipinski definition) is 2. The highest BCUT2D eigenvalue weighted by Crippen LogP contribution is 2.55. The van der Waals surface area contributed by atoms with Crippen LogP contribution in [0.5, 0.6) is 0 Å². The number of nitrogens with zero attached hydrogens (tertiary/aromatic N) is 1. The van der Waals surface area contributed by atoms with E-state index in [2.05, 4.69) is 19.2 Å². The summed E-state index contributed by atoms with van der Waals surface area (Å²) in [7, 11) is 0. The topological polar surface area (TPSA) is 69.6 Å². The molecule has 0 aromatic heterocycles. The summed E-state index contributed by atoms with van der Waals surface area (Å²) >= 11 is 0. The summed E-state index contributed by atoms with van der Waals surface area (Å²) in [6.07, 6.45) is 3.78. The number of likely N-dealkylation sites (tertiary alicyclic amines) is 1. The number of carboxylic acids is 1. The van der Waals surface area contributed by atoms with Crippen LogP contribution in [0.2, 0.25) is 0 Å². The largest absolute Gasteiger partial charge is 0.478 e. The molecule has 23 heavy (non-hydrogen) atoms. The maximum Gasteiger partial charge on any atom is 0.335 e. The number of nitrogens with one attached hydrogen (secondary N) is 1. The lowest BCUT2D eigenvalue weighted by atomic mass is 9.55. The molecule has 1 aromatic carbocycles. The number of carbonyl (C=O) groups excluding carboxylic acids is 1. The lowest BCUT2D eigenvalue weighted by molar-refractivity contribution is -0.116. The molecule has 1 aromatic rings. The SMILES string of the molecule is CC(C)C1N(C(=O)NCc2ccc(C(=O)O)cc2)CC12CCC2. The Hall–Kier alpha value is -2.04. The number of benzene rings is 1. The Morgan fingerprint density at radius 1 is 1.30 bits per heavy atom. The molecule has 2 aliphatic rings. The van der Waals surface area contributed by atoms with Crippen LogP contribution in [0.25, 0.3) is 0 Å². The molecule has 1 heterocycles. The molecule has 124 valence electrons. The quantitative estimate of drug-likeness (QED) is 0.896. The van der Waals surface area contributed by atoms with Crippen molar-refractivity contribution in [3.63, 3.8) is 0 Å². The van der Waals surface area contributed by atoms with Gasteiger partial charge in [-0.2, -0.15) is 0 Å². The number of hydrogen-bond acceptors (Lipinski definition) is 2. The van der Waals surface area contributed by atoms with Crippen molar-refractivity contribution in [3.05, 3.63) is 35.4 Å². The van der Waals surface area contributed by atoms with Crippen LogP contribution in [0.4, 0.5) is 4.79 Å². The first-order valence-electron chi connectivity index (χ1n) is 8.30. The van der Waals surface area contributed by atoms with Gasteiger partial charge in [-0.05, 0) is 36.5 Å². The lowest BCUT2D eigenvalue weighted by Gasteiger charge is -2.63. The third kappa shape index (κ3) is 2.80. The van der Waals surface area contributed by atoms with Gasteiger partial charge in [0.2, 0.25) is 0 Å². The minimum absolute atomic E-state index is 0.0106.